The highest BCUT2D eigenvalue weighted by Gasteiger charge is 2.11. The Balaban J connectivity index is 1.81. The maximum absolute atomic E-state index is 12.2. The fraction of sp³-hybridized carbons (Fsp3) is 0.500. The van der Waals surface area contributed by atoms with Crippen molar-refractivity contribution in [2.75, 3.05) is 26.1 Å². The summed E-state index contributed by atoms with van der Waals surface area (Å²) in [5, 5.41) is 8.56. The Morgan fingerprint density at radius 3 is 2.56 bits per heavy atom. The molecule has 0 aliphatic rings. The van der Waals surface area contributed by atoms with Crippen molar-refractivity contribution in [1.82, 2.24) is 10.3 Å². The molecule has 2 rings (SSSR count). The van der Waals surface area contributed by atoms with Gasteiger partial charge in [0.15, 0.2) is 16.6 Å². The zero-order chi connectivity index (χ0) is 19.5. The molecule has 0 aliphatic carbocycles. The number of unbranched alkanes of at least 4 members (excludes halogenated alkanes) is 5. The Bertz CT molecular complexity index is 718. The highest BCUT2D eigenvalue weighted by Crippen LogP contribution is 2.31. The third kappa shape index (κ3) is 6.75. The number of rotatable bonds is 12. The minimum atomic E-state index is -0.125. The number of aromatic nitrogens is 1. The molecule has 1 aromatic heterocycles. The van der Waals surface area contributed by atoms with Gasteiger partial charge < -0.3 is 20.1 Å². The number of hydrogen-bond acceptors (Lipinski definition) is 6. The van der Waals surface area contributed by atoms with Gasteiger partial charge in [-0.25, -0.2) is 4.98 Å². The van der Waals surface area contributed by atoms with Crippen LogP contribution < -0.4 is 20.1 Å². The van der Waals surface area contributed by atoms with Crippen LogP contribution in [0.1, 0.15) is 55.9 Å². The quantitative estimate of drug-likeness (QED) is 0.499. The molecule has 0 bridgehead atoms. The van der Waals surface area contributed by atoms with Crippen LogP contribution >= 0.6 is 11.3 Å². The van der Waals surface area contributed by atoms with E-state index in [9.17, 15) is 4.79 Å². The lowest BCUT2D eigenvalue weighted by Crippen LogP contribution is -2.24. The van der Waals surface area contributed by atoms with Crippen molar-refractivity contribution in [3.63, 3.8) is 0 Å². The summed E-state index contributed by atoms with van der Waals surface area (Å²) in [6.45, 7) is 2.91. The number of benzene rings is 1. The molecule has 2 aromatic rings. The van der Waals surface area contributed by atoms with E-state index in [0.717, 1.165) is 18.5 Å². The molecule has 0 saturated carbocycles. The second-order valence-electron chi connectivity index (χ2n) is 6.26. The normalized spacial score (nSPS) is 10.5. The molecule has 1 heterocycles. The molecule has 6 nitrogen and oxygen atoms in total. The number of thiazole rings is 1. The lowest BCUT2D eigenvalue weighted by molar-refractivity contribution is 0.0948. The van der Waals surface area contributed by atoms with Gasteiger partial charge >= 0.3 is 0 Å². The third-order valence-electron chi connectivity index (χ3n) is 4.19. The first-order valence-electron chi connectivity index (χ1n) is 9.40. The zero-order valence-electron chi connectivity index (χ0n) is 16.3. The van der Waals surface area contributed by atoms with Crippen molar-refractivity contribution in [3.8, 4) is 11.5 Å². The van der Waals surface area contributed by atoms with Gasteiger partial charge in [-0.15, -0.1) is 11.3 Å². The van der Waals surface area contributed by atoms with E-state index < -0.39 is 0 Å². The molecular weight excluding hydrogens is 362 g/mol. The van der Waals surface area contributed by atoms with Crippen molar-refractivity contribution in [1.29, 1.82) is 0 Å². The fourth-order valence-electron chi connectivity index (χ4n) is 2.67. The number of hydrogen-bond donors (Lipinski definition) is 2. The van der Waals surface area contributed by atoms with Crippen LogP contribution in [0, 0.1) is 0 Å². The molecule has 0 unspecified atom stereocenters. The van der Waals surface area contributed by atoms with E-state index in [1.807, 2.05) is 18.2 Å². The Labute approximate surface area is 165 Å². The van der Waals surface area contributed by atoms with Gasteiger partial charge in [-0.05, 0) is 18.6 Å². The van der Waals surface area contributed by atoms with E-state index in [0.29, 0.717) is 28.9 Å². The minimum Gasteiger partial charge on any atom is -0.493 e. The monoisotopic (exact) mass is 391 g/mol. The number of carbonyl (C=O) groups is 1. The van der Waals surface area contributed by atoms with Gasteiger partial charge in [0.25, 0.3) is 5.91 Å². The first-order valence-corrected chi connectivity index (χ1v) is 10.3. The summed E-state index contributed by atoms with van der Waals surface area (Å²) in [4.78, 5) is 16.6. The van der Waals surface area contributed by atoms with Gasteiger partial charge in [-0.3, -0.25) is 4.79 Å². The van der Waals surface area contributed by atoms with Crippen molar-refractivity contribution < 1.29 is 14.3 Å². The van der Waals surface area contributed by atoms with Crippen LogP contribution in [0.4, 0.5) is 10.8 Å². The molecule has 2 N–H and O–H groups in total. The highest BCUT2D eigenvalue weighted by molar-refractivity contribution is 7.14. The molecule has 0 radical (unpaired) electrons. The number of anilines is 2. The Hall–Kier alpha value is -2.28. The smallest absolute Gasteiger partial charge is 0.270 e. The molecular formula is C20H29N3O3S. The SMILES string of the molecule is CCCCCCCCNC(=O)c1csc(Nc2ccc(OC)c(OC)c2)n1. The molecule has 0 aliphatic heterocycles. The van der Waals surface area contributed by atoms with E-state index >= 15 is 0 Å². The summed E-state index contributed by atoms with van der Waals surface area (Å²) < 4.78 is 10.5. The van der Waals surface area contributed by atoms with Gasteiger partial charge in [0, 0.05) is 23.7 Å². The second-order valence-corrected chi connectivity index (χ2v) is 7.11. The lowest BCUT2D eigenvalue weighted by atomic mass is 10.1. The molecule has 0 atom stereocenters. The van der Waals surface area contributed by atoms with E-state index in [1.54, 1.807) is 19.6 Å². The van der Waals surface area contributed by atoms with Crippen molar-refractivity contribution in [2.45, 2.75) is 45.4 Å². The number of methoxy groups -OCH3 is 2. The van der Waals surface area contributed by atoms with E-state index in [4.69, 9.17) is 9.47 Å². The topological polar surface area (TPSA) is 72.5 Å². The van der Waals surface area contributed by atoms with Gasteiger partial charge in [0.05, 0.1) is 14.2 Å². The van der Waals surface area contributed by atoms with Crippen LogP contribution in [0.15, 0.2) is 23.6 Å². The molecule has 27 heavy (non-hydrogen) atoms. The average Bonchev–Trinajstić information content (AvgIpc) is 3.15. The maximum Gasteiger partial charge on any atom is 0.270 e. The molecule has 7 heteroatoms. The maximum atomic E-state index is 12.2. The third-order valence-corrected chi connectivity index (χ3v) is 4.95. The first-order chi connectivity index (χ1) is 13.2. The van der Waals surface area contributed by atoms with Crippen LogP contribution in [0.2, 0.25) is 0 Å². The summed E-state index contributed by atoms with van der Waals surface area (Å²) in [7, 11) is 3.19. The molecule has 0 fully saturated rings. The molecule has 148 valence electrons. The largest absolute Gasteiger partial charge is 0.493 e. The summed E-state index contributed by atoms with van der Waals surface area (Å²) in [6.07, 6.45) is 7.22. The van der Waals surface area contributed by atoms with Crippen molar-refractivity contribution >= 4 is 28.1 Å². The summed E-state index contributed by atoms with van der Waals surface area (Å²) in [5.41, 5.74) is 1.26. The van der Waals surface area contributed by atoms with Gasteiger partial charge in [-0.1, -0.05) is 39.0 Å². The number of nitrogens with zero attached hydrogens (tertiary/aromatic N) is 1. The first kappa shape index (κ1) is 21.0. The molecule has 0 saturated heterocycles. The number of ether oxygens (including phenoxy) is 2. The molecule has 1 amide bonds. The standard InChI is InChI=1S/C20H29N3O3S/c1-4-5-6-7-8-9-12-21-19(24)16-14-27-20(23-16)22-15-10-11-17(25-2)18(13-15)26-3/h10-11,13-14H,4-9,12H2,1-3H3,(H,21,24)(H,22,23). The Kier molecular flexibility index (Phi) is 8.91. The van der Waals surface area contributed by atoms with Crippen LogP contribution in [0.5, 0.6) is 11.5 Å². The van der Waals surface area contributed by atoms with Crippen LogP contribution in [-0.2, 0) is 0 Å². The second kappa shape index (κ2) is 11.4. The van der Waals surface area contributed by atoms with Gasteiger partial charge in [-0.2, -0.15) is 0 Å². The fourth-order valence-corrected chi connectivity index (χ4v) is 3.38. The summed E-state index contributed by atoms with van der Waals surface area (Å²) in [6, 6.07) is 5.53. The van der Waals surface area contributed by atoms with Gasteiger partial charge in [0.2, 0.25) is 0 Å². The average molecular weight is 392 g/mol. The predicted molar refractivity (Wildman–Crippen MR) is 111 cm³/mol. The van der Waals surface area contributed by atoms with Crippen molar-refractivity contribution in [3.05, 3.63) is 29.3 Å². The van der Waals surface area contributed by atoms with E-state index in [1.165, 1.54) is 37.0 Å². The summed E-state index contributed by atoms with van der Waals surface area (Å²) >= 11 is 1.39. The van der Waals surface area contributed by atoms with E-state index in [-0.39, 0.29) is 5.91 Å². The number of amides is 1. The predicted octanol–water partition coefficient (Wildman–Crippen LogP) is 4.99. The molecule has 0 spiro atoms. The minimum absolute atomic E-state index is 0.125. The summed E-state index contributed by atoms with van der Waals surface area (Å²) in [5.74, 6) is 1.17. The lowest BCUT2D eigenvalue weighted by Gasteiger charge is -2.09. The van der Waals surface area contributed by atoms with Crippen LogP contribution in [-0.4, -0.2) is 31.7 Å². The Morgan fingerprint density at radius 1 is 1.07 bits per heavy atom. The van der Waals surface area contributed by atoms with Crippen molar-refractivity contribution in [2.24, 2.45) is 0 Å². The van der Waals surface area contributed by atoms with Crippen LogP contribution in [0.3, 0.4) is 0 Å². The van der Waals surface area contributed by atoms with Gasteiger partial charge in [0.1, 0.15) is 5.69 Å². The Morgan fingerprint density at radius 2 is 1.81 bits per heavy atom. The highest BCUT2D eigenvalue weighted by atomic mass is 32.1. The van der Waals surface area contributed by atoms with Crippen LogP contribution in [0.25, 0.3) is 0 Å². The number of nitrogens with one attached hydrogen (secondary N) is 2. The molecule has 1 aromatic carbocycles. The van der Waals surface area contributed by atoms with E-state index in [2.05, 4.69) is 22.5 Å². The zero-order valence-corrected chi connectivity index (χ0v) is 17.2. The number of carbonyl (C=O) groups excluding carboxylic acids is 1.